The predicted octanol–water partition coefficient (Wildman–Crippen LogP) is 2.27. The number of methoxy groups -OCH3 is 1. The molecule has 0 spiro atoms. The third-order valence-electron chi connectivity index (χ3n) is 6.11. The zero-order valence-electron chi connectivity index (χ0n) is 23.6. The monoisotopic (exact) mass is 540 g/mol. The molecule has 1 aliphatic heterocycles. The van der Waals surface area contributed by atoms with Gasteiger partial charge in [0.1, 0.15) is 9.88 Å². The van der Waals surface area contributed by atoms with Crippen LogP contribution in [0.4, 0.5) is 17.2 Å². The zero-order valence-corrected chi connectivity index (χ0v) is 21.4. The number of carbonyl (C=O) groups is 3. The third-order valence-corrected chi connectivity index (χ3v) is 7.13. The number of aromatic nitrogens is 3. The Hall–Kier alpha value is -4.10. The number of nitrogens with zero attached hydrogens (tertiary/aromatic N) is 4. The summed E-state index contributed by atoms with van der Waals surface area (Å²) in [5.41, 5.74) is -0.209. The molecule has 2 aromatic heterocycles. The average Bonchev–Trinajstić information content (AvgIpc) is 3.62. The largest absolute Gasteiger partial charge is 0.494 e. The Kier molecular flexibility index (Phi) is 5.76. The summed E-state index contributed by atoms with van der Waals surface area (Å²) in [6.45, 7) is -0.623. The molecule has 12 nitrogen and oxygen atoms in total. The maximum atomic E-state index is 12.8. The number of ether oxygens (including phenoxy) is 1. The number of carbonyl (C=O) groups excluding carboxylic acids is 3. The molecule has 3 aromatic rings. The van der Waals surface area contributed by atoms with E-state index >= 15 is 0 Å². The summed E-state index contributed by atoms with van der Waals surface area (Å²) in [5.74, 6) is -1.15. The van der Waals surface area contributed by atoms with Crippen LogP contribution >= 0.6 is 11.3 Å². The van der Waals surface area contributed by atoms with E-state index in [1.807, 2.05) is 5.32 Å². The summed E-state index contributed by atoms with van der Waals surface area (Å²) >= 11 is 1.16. The lowest BCUT2D eigenvalue weighted by atomic mass is 9.97. The fourth-order valence-electron chi connectivity index (χ4n) is 4.09. The molecule has 2 fully saturated rings. The molecule has 1 aliphatic carbocycles. The first-order valence-corrected chi connectivity index (χ1v) is 12.6. The van der Waals surface area contributed by atoms with E-state index in [-0.39, 0.29) is 48.0 Å². The fourth-order valence-corrected chi connectivity index (χ4v) is 5.00. The van der Waals surface area contributed by atoms with Crippen molar-refractivity contribution in [1.82, 2.24) is 25.4 Å². The maximum absolute atomic E-state index is 12.8. The van der Waals surface area contributed by atoms with Crippen molar-refractivity contribution in [2.75, 3.05) is 37.8 Å². The van der Waals surface area contributed by atoms with E-state index < -0.39 is 18.5 Å². The summed E-state index contributed by atoms with van der Waals surface area (Å²) in [4.78, 5) is 44.2. The predicted molar refractivity (Wildman–Crippen MR) is 141 cm³/mol. The molecule has 0 unspecified atom stereocenters. The zero-order chi connectivity index (χ0) is 29.5. The molecule has 3 heterocycles. The lowest BCUT2D eigenvalue weighted by Crippen LogP contribution is -2.61. The number of rotatable bonds is 8. The molecule has 13 heteroatoms. The van der Waals surface area contributed by atoms with Crippen LogP contribution in [0.2, 0.25) is 0 Å². The number of anilines is 3. The number of nitrogens with one attached hydrogen (secondary N) is 3. The van der Waals surface area contributed by atoms with Crippen molar-refractivity contribution in [2.24, 2.45) is 5.92 Å². The van der Waals surface area contributed by atoms with Gasteiger partial charge in [-0.1, -0.05) is 6.07 Å². The lowest BCUT2D eigenvalue weighted by Gasteiger charge is -2.43. The number of likely N-dealkylation sites (tertiary alicyclic amines) is 1. The van der Waals surface area contributed by atoms with E-state index in [2.05, 4.69) is 25.8 Å². The Balaban J connectivity index is 1.45. The van der Waals surface area contributed by atoms with Gasteiger partial charge in [0.25, 0.3) is 11.8 Å². The van der Waals surface area contributed by atoms with Crippen LogP contribution in [-0.2, 0) is 4.79 Å². The standard InChI is InChI=1S/C25H27N7O5S/c1-25(36)11-32(12-25)24(35)17-10-27-23(38-17)14-5-4-6-15(20(14)37-3)28-16-9-18(29-21(33)13-7-8-13)30-31-19(16)22(34)26-2/h4-6,9-10,13,36H,7-8,11-12H2,1-3H3,(H,26,34)(H2,28,29,30,33)/i2D3. The molecule has 1 saturated heterocycles. The van der Waals surface area contributed by atoms with Crippen molar-refractivity contribution in [3.8, 4) is 16.3 Å². The second kappa shape index (κ2) is 9.99. The molecule has 3 amide bonds. The number of para-hydroxylation sites is 1. The van der Waals surface area contributed by atoms with Gasteiger partial charge in [0, 0.05) is 23.1 Å². The minimum Gasteiger partial charge on any atom is -0.494 e. The van der Waals surface area contributed by atoms with Crippen LogP contribution < -0.4 is 20.7 Å². The highest BCUT2D eigenvalue weighted by Gasteiger charge is 2.40. The Bertz CT molecular complexity index is 1520. The van der Waals surface area contributed by atoms with Gasteiger partial charge >= 0.3 is 0 Å². The molecule has 198 valence electrons. The van der Waals surface area contributed by atoms with E-state index in [9.17, 15) is 19.5 Å². The van der Waals surface area contributed by atoms with Crippen molar-refractivity contribution in [3.63, 3.8) is 0 Å². The fraction of sp³-hybridized carbons (Fsp3) is 0.360. The number of amides is 3. The van der Waals surface area contributed by atoms with Crippen LogP contribution in [-0.4, -0.2) is 75.7 Å². The number of hydrogen-bond acceptors (Lipinski definition) is 10. The molecule has 0 atom stereocenters. The first-order valence-electron chi connectivity index (χ1n) is 13.3. The number of benzene rings is 1. The molecular formula is C25H27N7O5S. The Morgan fingerprint density at radius 2 is 2.03 bits per heavy atom. The highest BCUT2D eigenvalue weighted by atomic mass is 32.1. The normalized spacial score (nSPS) is 17.3. The van der Waals surface area contributed by atoms with Gasteiger partial charge in [-0.2, -0.15) is 0 Å². The van der Waals surface area contributed by atoms with Crippen molar-refractivity contribution in [2.45, 2.75) is 25.4 Å². The molecule has 2 aliphatic rings. The van der Waals surface area contributed by atoms with E-state index in [1.165, 1.54) is 24.3 Å². The number of hydrogen-bond donors (Lipinski definition) is 4. The van der Waals surface area contributed by atoms with Crippen molar-refractivity contribution < 1.29 is 28.3 Å². The molecule has 4 N–H and O–H groups in total. The minimum absolute atomic E-state index is 0.0724. The topological polar surface area (TPSA) is 159 Å². The van der Waals surface area contributed by atoms with Gasteiger partial charge < -0.3 is 30.7 Å². The molecule has 5 rings (SSSR count). The highest BCUT2D eigenvalue weighted by Crippen LogP contribution is 2.40. The van der Waals surface area contributed by atoms with Gasteiger partial charge in [0.05, 0.1) is 48.9 Å². The number of aliphatic hydroxyl groups is 1. The summed E-state index contributed by atoms with van der Waals surface area (Å²) in [6.07, 6.45) is 3.01. The van der Waals surface area contributed by atoms with Crippen molar-refractivity contribution in [1.29, 1.82) is 0 Å². The van der Waals surface area contributed by atoms with E-state index in [1.54, 1.807) is 25.1 Å². The van der Waals surface area contributed by atoms with Crippen molar-refractivity contribution >= 4 is 46.3 Å². The second-order valence-electron chi connectivity index (χ2n) is 9.41. The van der Waals surface area contributed by atoms with Crippen LogP contribution in [0, 0.1) is 5.92 Å². The van der Waals surface area contributed by atoms with Crippen LogP contribution in [0.3, 0.4) is 0 Å². The summed E-state index contributed by atoms with van der Waals surface area (Å²) < 4.78 is 27.8. The van der Waals surface area contributed by atoms with Crippen LogP contribution in [0.15, 0.2) is 30.5 Å². The van der Waals surface area contributed by atoms with Crippen LogP contribution in [0.1, 0.15) is 44.0 Å². The quantitative estimate of drug-likeness (QED) is 0.336. The Labute approximate surface area is 226 Å². The molecular weight excluding hydrogens is 510 g/mol. The molecule has 38 heavy (non-hydrogen) atoms. The Morgan fingerprint density at radius 1 is 1.24 bits per heavy atom. The van der Waals surface area contributed by atoms with E-state index in [4.69, 9.17) is 8.85 Å². The van der Waals surface area contributed by atoms with Crippen molar-refractivity contribution in [3.05, 3.63) is 41.0 Å². The number of thiazole rings is 1. The van der Waals surface area contributed by atoms with Crippen LogP contribution in [0.5, 0.6) is 5.75 Å². The SMILES string of the molecule is [2H]C([2H])([2H])NC(=O)c1nnc(NC(=O)C2CC2)cc1Nc1cccc(-c2ncc(C(=O)N3CC(C)(O)C3)s2)c1OC. The molecule has 0 radical (unpaired) electrons. The summed E-state index contributed by atoms with van der Waals surface area (Å²) in [6, 6.07) is 6.51. The minimum atomic E-state index is -2.77. The third kappa shape index (κ3) is 5.15. The number of β-amino-alcohol motifs (C(OH)–C–C–N with tert-alkyl or cyclic N) is 1. The van der Waals surface area contributed by atoms with Gasteiger partial charge in [-0.25, -0.2) is 4.98 Å². The lowest BCUT2D eigenvalue weighted by molar-refractivity contribution is -0.117. The van der Waals surface area contributed by atoms with E-state index in [0.29, 0.717) is 26.9 Å². The molecule has 0 bridgehead atoms. The van der Waals surface area contributed by atoms with E-state index in [0.717, 1.165) is 24.2 Å². The van der Waals surface area contributed by atoms with Crippen LogP contribution in [0.25, 0.3) is 10.6 Å². The maximum Gasteiger partial charge on any atom is 0.273 e. The first kappa shape index (κ1) is 21.9. The smallest absolute Gasteiger partial charge is 0.273 e. The summed E-state index contributed by atoms with van der Waals surface area (Å²) in [7, 11) is 1.44. The molecule has 1 aromatic carbocycles. The first-order chi connectivity index (χ1) is 19.3. The van der Waals surface area contributed by atoms with Gasteiger partial charge in [-0.3, -0.25) is 14.4 Å². The highest BCUT2D eigenvalue weighted by molar-refractivity contribution is 7.17. The average molecular weight is 541 g/mol. The Morgan fingerprint density at radius 3 is 2.71 bits per heavy atom. The molecule has 1 saturated carbocycles. The summed E-state index contributed by atoms with van der Waals surface area (Å²) in [5, 5.41) is 25.8. The second-order valence-corrected chi connectivity index (χ2v) is 10.4. The van der Waals surface area contributed by atoms with Gasteiger partial charge in [-0.15, -0.1) is 21.5 Å². The van der Waals surface area contributed by atoms with Gasteiger partial charge in [0.15, 0.2) is 17.3 Å². The van der Waals surface area contributed by atoms with Gasteiger partial charge in [0.2, 0.25) is 5.91 Å². The van der Waals surface area contributed by atoms with Gasteiger partial charge in [-0.05, 0) is 31.9 Å².